The number of nitrogens with zero attached hydrogens (tertiary/aromatic N) is 2. The highest BCUT2D eigenvalue weighted by Gasteiger charge is 2.34. The number of nitro benzene ring substituents is 1. The summed E-state index contributed by atoms with van der Waals surface area (Å²) in [6, 6.07) is 11.6. The fraction of sp³-hybridized carbons (Fsp3) is 0.0556. The summed E-state index contributed by atoms with van der Waals surface area (Å²) in [5, 5.41) is 10.8. The normalized spacial score (nSPS) is 13.5. The van der Waals surface area contributed by atoms with E-state index in [2.05, 4.69) is 4.98 Å². The molecule has 1 unspecified atom stereocenters. The van der Waals surface area contributed by atoms with Gasteiger partial charge in [-0.15, -0.1) is 0 Å². The van der Waals surface area contributed by atoms with Gasteiger partial charge in [0.15, 0.2) is 0 Å². The molecule has 1 aromatic heterocycles. The standard InChI is InChI=1S/C18H10Cl2F3N2O4P/c19-14-8-11(18(21,22)23)10-24-17(14)29-12-6-7-15(25(26)27)16(9-12)30(20,28)13-4-2-1-3-5-13/h1-10H. The van der Waals surface area contributed by atoms with Crippen molar-refractivity contribution in [3.63, 3.8) is 0 Å². The van der Waals surface area contributed by atoms with Gasteiger partial charge in [-0.05, 0) is 29.4 Å². The highest BCUT2D eigenvalue weighted by atomic mass is 35.7. The fourth-order valence-corrected chi connectivity index (χ4v) is 5.00. The zero-order chi connectivity index (χ0) is 22.1. The van der Waals surface area contributed by atoms with Crippen molar-refractivity contribution in [3.8, 4) is 11.6 Å². The second-order valence-corrected chi connectivity index (χ2v) is 9.78. The number of benzene rings is 2. The zero-order valence-electron chi connectivity index (χ0n) is 14.6. The Morgan fingerprint density at radius 2 is 1.77 bits per heavy atom. The minimum Gasteiger partial charge on any atom is -0.438 e. The van der Waals surface area contributed by atoms with Gasteiger partial charge >= 0.3 is 6.18 Å². The first-order valence-electron chi connectivity index (χ1n) is 8.05. The van der Waals surface area contributed by atoms with Crippen molar-refractivity contribution < 1.29 is 27.4 Å². The van der Waals surface area contributed by atoms with Crippen LogP contribution >= 0.6 is 29.3 Å². The molecule has 3 rings (SSSR count). The molecule has 0 fully saturated rings. The van der Waals surface area contributed by atoms with Crippen molar-refractivity contribution in [2.45, 2.75) is 6.18 Å². The molecule has 1 atom stereocenters. The fourth-order valence-electron chi connectivity index (χ4n) is 2.48. The Morgan fingerprint density at radius 3 is 2.33 bits per heavy atom. The summed E-state index contributed by atoms with van der Waals surface area (Å²) in [7, 11) is 0. The summed E-state index contributed by atoms with van der Waals surface area (Å²) in [5.41, 5.74) is -1.57. The molecule has 1 heterocycles. The van der Waals surface area contributed by atoms with Gasteiger partial charge in [-0.1, -0.05) is 41.9 Å². The molecule has 0 aliphatic heterocycles. The highest BCUT2D eigenvalue weighted by molar-refractivity contribution is 8.00. The van der Waals surface area contributed by atoms with Gasteiger partial charge in [-0.2, -0.15) is 13.2 Å². The first-order chi connectivity index (χ1) is 14.0. The third kappa shape index (κ3) is 4.59. The maximum absolute atomic E-state index is 13.2. The lowest BCUT2D eigenvalue weighted by molar-refractivity contribution is -0.383. The molecule has 0 saturated carbocycles. The number of ether oxygens (including phenoxy) is 1. The Hall–Kier alpha value is -2.61. The van der Waals surface area contributed by atoms with E-state index >= 15 is 0 Å². The number of alkyl halides is 3. The Bertz CT molecular complexity index is 1160. The molecule has 30 heavy (non-hydrogen) atoms. The van der Waals surface area contributed by atoms with Crippen molar-refractivity contribution >= 4 is 45.6 Å². The average molecular weight is 477 g/mol. The van der Waals surface area contributed by atoms with Crippen LogP contribution < -0.4 is 15.3 Å². The van der Waals surface area contributed by atoms with Gasteiger partial charge in [-0.25, -0.2) is 4.98 Å². The molecule has 0 saturated heterocycles. The van der Waals surface area contributed by atoms with Crippen LogP contribution in [0, 0.1) is 10.1 Å². The lowest BCUT2D eigenvalue weighted by Crippen LogP contribution is -2.16. The first-order valence-corrected chi connectivity index (χ1v) is 11.0. The molecular weight excluding hydrogens is 467 g/mol. The van der Waals surface area contributed by atoms with Crippen molar-refractivity contribution in [3.05, 3.63) is 81.5 Å². The Labute approximate surface area is 177 Å². The molecule has 3 aromatic rings. The molecule has 12 heteroatoms. The van der Waals surface area contributed by atoms with Gasteiger partial charge in [0.05, 0.1) is 10.5 Å². The molecule has 6 nitrogen and oxygen atoms in total. The van der Waals surface area contributed by atoms with Gasteiger partial charge in [0.2, 0.25) is 12.4 Å². The monoisotopic (exact) mass is 476 g/mol. The van der Waals surface area contributed by atoms with Crippen molar-refractivity contribution in [1.29, 1.82) is 0 Å². The summed E-state index contributed by atoms with van der Waals surface area (Å²) in [6.07, 6.45) is -4.11. The molecule has 0 bridgehead atoms. The van der Waals surface area contributed by atoms with Crippen molar-refractivity contribution in [2.75, 3.05) is 0 Å². The van der Waals surface area contributed by atoms with E-state index in [4.69, 9.17) is 27.6 Å². The molecule has 2 aromatic carbocycles. The van der Waals surface area contributed by atoms with Crippen LogP contribution in [0.3, 0.4) is 0 Å². The summed E-state index contributed by atoms with van der Waals surface area (Å²) < 4.78 is 56.8. The summed E-state index contributed by atoms with van der Waals surface area (Å²) in [6.45, 7) is -3.91. The second kappa shape index (κ2) is 8.26. The van der Waals surface area contributed by atoms with Gasteiger partial charge in [0, 0.05) is 17.6 Å². The second-order valence-electron chi connectivity index (χ2n) is 5.89. The Morgan fingerprint density at radius 1 is 1.10 bits per heavy atom. The van der Waals surface area contributed by atoms with Crippen LogP contribution in [0.25, 0.3) is 0 Å². The third-order valence-electron chi connectivity index (χ3n) is 3.89. The van der Waals surface area contributed by atoms with Gasteiger partial charge < -0.3 is 4.74 Å². The van der Waals surface area contributed by atoms with Crippen molar-refractivity contribution in [2.24, 2.45) is 0 Å². The van der Waals surface area contributed by atoms with E-state index < -0.39 is 33.9 Å². The van der Waals surface area contributed by atoms with Gasteiger partial charge in [-0.3, -0.25) is 14.7 Å². The molecule has 0 aliphatic carbocycles. The van der Waals surface area contributed by atoms with Crippen LogP contribution in [0.5, 0.6) is 11.6 Å². The molecule has 0 N–H and O–H groups in total. The quantitative estimate of drug-likeness (QED) is 0.259. The summed E-state index contributed by atoms with van der Waals surface area (Å²) in [4.78, 5) is 14.2. The smallest absolute Gasteiger partial charge is 0.417 e. The van der Waals surface area contributed by atoms with Crippen LogP contribution in [0.2, 0.25) is 5.02 Å². The minimum absolute atomic E-state index is 0.0958. The minimum atomic E-state index is -4.64. The van der Waals surface area contributed by atoms with E-state index in [-0.39, 0.29) is 22.2 Å². The van der Waals surface area contributed by atoms with E-state index in [0.29, 0.717) is 12.3 Å². The van der Waals surface area contributed by atoms with E-state index in [1.807, 2.05) is 0 Å². The molecular formula is C18H10Cl2F3N2O4P. The van der Waals surface area contributed by atoms with E-state index in [1.54, 1.807) is 18.2 Å². The molecule has 0 amide bonds. The number of rotatable bonds is 5. The number of hydrogen-bond donors (Lipinski definition) is 0. The number of aromatic nitrogens is 1. The lowest BCUT2D eigenvalue weighted by atomic mass is 10.3. The number of nitro groups is 1. The highest BCUT2D eigenvalue weighted by Crippen LogP contribution is 2.51. The number of hydrogen-bond acceptors (Lipinski definition) is 5. The predicted molar refractivity (Wildman–Crippen MR) is 107 cm³/mol. The van der Waals surface area contributed by atoms with Gasteiger partial charge in [0.1, 0.15) is 16.1 Å². The van der Waals surface area contributed by atoms with Crippen LogP contribution in [0.4, 0.5) is 18.9 Å². The summed E-state index contributed by atoms with van der Waals surface area (Å²) in [5.74, 6) is -0.463. The van der Waals surface area contributed by atoms with Crippen molar-refractivity contribution in [1.82, 2.24) is 4.98 Å². The number of halogens is 5. The van der Waals surface area contributed by atoms with Gasteiger partial charge in [0.25, 0.3) is 5.69 Å². The maximum atomic E-state index is 13.2. The predicted octanol–water partition coefficient (Wildman–Crippen LogP) is 5.92. The molecule has 156 valence electrons. The zero-order valence-corrected chi connectivity index (χ0v) is 17.0. The van der Waals surface area contributed by atoms with Crippen LogP contribution in [-0.2, 0) is 10.7 Å². The lowest BCUT2D eigenvalue weighted by Gasteiger charge is -2.14. The third-order valence-corrected chi connectivity index (χ3v) is 7.23. The van der Waals surface area contributed by atoms with E-state index in [1.165, 1.54) is 18.2 Å². The Kier molecular flexibility index (Phi) is 6.08. The topological polar surface area (TPSA) is 82.3 Å². The molecule has 0 radical (unpaired) electrons. The first kappa shape index (κ1) is 22.1. The van der Waals surface area contributed by atoms with Crippen LogP contribution in [0.15, 0.2) is 60.8 Å². The number of pyridine rings is 1. The van der Waals surface area contributed by atoms with E-state index in [9.17, 15) is 27.9 Å². The molecule has 0 aliphatic rings. The largest absolute Gasteiger partial charge is 0.438 e. The molecule has 0 spiro atoms. The summed E-state index contributed by atoms with van der Waals surface area (Å²) >= 11 is 12.1. The maximum Gasteiger partial charge on any atom is 0.417 e. The SMILES string of the molecule is O=[N+]([O-])c1ccc(Oc2ncc(C(F)(F)F)cc2Cl)cc1P(=O)(Cl)c1ccccc1. The van der Waals surface area contributed by atoms with Crippen LogP contribution in [0.1, 0.15) is 5.56 Å². The Balaban J connectivity index is 2.04. The van der Waals surface area contributed by atoms with Crippen LogP contribution in [-0.4, -0.2) is 9.91 Å². The average Bonchev–Trinajstić information content (AvgIpc) is 2.69. The van der Waals surface area contributed by atoms with E-state index in [0.717, 1.165) is 12.1 Å².